The molecule has 0 radical (unpaired) electrons. The van der Waals surface area contributed by atoms with E-state index >= 15 is 0 Å². The zero-order valence-electron chi connectivity index (χ0n) is 10.5. The van der Waals surface area contributed by atoms with E-state index < -0.39 is 0 Å². The van der Waals surface area contributed by atoms with Crippen LogP contribution in [-0.4, -0.2) is 12.6 Å². The maximum atomic E-state index is 11.8. The number of carbonyl (C=O) groups excluding carboxylic acids is 1. The molecule has 2 aromatic rings. The van der Waals surface area contributed by atoms with Crippen molar-refractivity contribution in [2.24, 2.45) is 0 Å². The summed E-state index contributed by atoms with van der Waals surface area (Å²) in [7, 11) is 0. The van der Waals surface area contributed by atoms with Crippen molar-refractivity contribution in [1.29, 1.82) is 0 Å². The number of carbonyl (C=O) groups is 1. The van der Waals surface area contributed by atoms with Crippen molar-refractivity contribution in [3.63, 3.8) is 0 Å². The van der Waals surface area contributed by atoms with Gasteiger partial charge in [-0.2, -0.15) is 0 Å². The normalized spacial score (nSPS) is 10.0. The van der Waals surface area contributed by atoms with Crippen LogP contribution in [0, 0.1) is 0 Å². The fraction of sp³-hybridized carbons (Fsp3) is 0.133. The van der Waals surface area contributed by atoms with Gasteiger partial charge in [0, 0.05) is 0 Å². The highest BCUT2D eigenvalue weighted by atomic mass is 35.5. The van der Waals surface area contributed by atoms with E-state index in [0.717, 1.165) is 5.69 Å². The fourth-order valence-corrected chi connectivity index (χ4v) is 1.87. The van der Waals surface area contributed by atoms with E-state index in [0.29, 0.717) is 22.9 Å². The molecule has 0 fully saturated rings. The van der Waals surface area contributed by atoms with Gasteiger partial charge in [0.2, 0.25) is 0 Å². The smallest absolute Gasteiger partial charge is 0.340 e. The highest BCUT2D eigenvalue weighted by molar-refractivity contribution is 6.33. The molecule has 19 heavy (non-hydrogen) atoms. The number of halogens is 1. The molecule has 98 valence electrons. The van der Waals surface area contributed by atoms with Crippen LogP contribution in [0.5, 0.6) is 0 Å². The number of hydrogen-bond donors (Lipinski definition) is 1. The summed E-state index contributed by atoms with van der Waals surface area (Å²) in [6, 6.07) is 14.5. The lowest BCUT2D eigenvalue weighted by atomic mass is 10.1. The van der Waals surface area contributed by atoms with E-state index in [9.17, 15) is 4.79 Å². The maximum Gasteiger partial charge on any atom is 0.340 e. The lowest BCUT2D eigenvalue weighted by Gasteiger charge is -2.12. The van der Waals surface area contributed by atoms with Gasteiger partial charge in [-0.1, -0.05) is 35.9 Å². The topological polar surface area (TPSA) is 38.3 Å². The number of nitrogens with one attached hydrogen (secondary N) is 1. The van der Waals surface area contributed by atoms with Crippen LogP contribution in [-0.2, 0) is 4.74 Å². The second kappa shape index (κ2) is 6.25. The van der Waals surface area contributed by atoms with Crippen LogP contribution in [0.25, 0.3) is 0 Å². The minimum atomic E-state index is -0.349. The highest BCUT2D eigenvalue weighted by Gasteiger charge is 2.12. The molecule has 4 heteroatoms. The van der Waals surface area contributed by atoms with Gasteiger partial charge in [0.1, 0.15) is 0 Å². The molecular weight excluding hydrogens is 262 g/mol. The van der Waals surface area contributed by atoms with E-state index in [1.54, 1.807) is 25.1 Å². The number of rotatable bonds is 4. The average molecular weight is 276 g/mol. The monoisotopic (exact) mass is 275 g/mol. The first kappa shape index (κ1) is 13.4. The summed E-state index contributed by atoms with van der Waals surface area (Å²) in [5.41, 5.74) is 1.92. The van der Waals surface area contributed by atoms with E-state index in [-0.39, 0.29) is 5.97 Å². The first-order valence-corrected chi connectivity index (χ1v) is 6.38. The number of benzene rings is 2. The Morgan fingerprint density at radius 3 is 2.42 bits per heavy atom. The van der Waals surface area contributed by atoms with E-state index in [1.165, 1.54) is 0 Å². The van der Waals surface area contributed by atoms with Gasteiger partial charge >= 0.3 is 5.97 Å². The van der Waals surface area contributed by atoms with Crippen LogP contribution < -0.4 is 5.32 Å². The molecule has 1 N–H and O–H groups in total. The Bertz CT molecular complexity index is 584. The minimum Gasteiger partial charge on any atom is -0.462 e. The Labute approximate surface area is 117 Å². The van der Waals surface area contributed by atoms with Gasteiger partial charge in [0.05, 0.1) is 28.6 Å². The number of esters is 1. The van der Waals surface area contributed by atoms with Crippen LogP contribution in [0.1, 0.15) is 17.3 Å². The molecule has 0 bridgehead atoms. The third-order valence-electron chi connectivity index (χ3n) is 2.57. The Kier molecular flexibility index (Phi) is 4.42. The third-order valence-corrected chi connectivity index (χ3v) is 2.90. The van der Waals surface area contributed by atoms with Crippen molar-refractivity contribution < 1.29 is 9.53 Å². The summed E-state index contributed by atoms with van der Waals surface area (Å²) in [4.78, 5) is 11.8. The lowest BCUT2D eigenvalue weighted by molar-refractivity contribution is 0.0527. The average Bonchev–Trinajstić information content (AvgIpc) is 2.42. The van der Waals surface area contributed by atoms with Crippen LogP contribution >= 0.6 is 11.6 Å². The first-order valence-electron chi connectivity index (χ1n) is 6.00. The number of hydrogen-bond acceptors (Lipinski definition) is 3. The predicted molar refractivity (Wildman–Crippen MR) is 77.1 cm³/mol. The second-order valence-corrected chi connectivity index (χ2v) is 4.28. The molecule has 0 amide bonds. The molecule has 0 saturated carbocycles. The van der Waals surface area contributed by atoms with Gasteiger partial charge in [-0.15, -0.1) is 0 Å². The molecule has 3 nitrogen and oxygen atoms in total. The quantitative estimate of drug-likeness (QED) is 0.847. The molecule has 0 atom stereocenters. The molecule has 0 saturated heterocycles. The molecule has 0 aliphatic carbocycles. The molecule has 0 aliphatic heterocycles. The standard InChI is InChI=1S/C15H14ClNO2/c1-2-19-15(18)11-7-3-5-9-13(11)17-14-10-6-4-8-12(14)16/h3-10,17H,2H2,1H3. The van der Waals surface area contributed by atoms with Gasteiger partial charge in [-0.05, 0) is 31.2 Å². The van der Waals surface area contributed by atoms with Gasteiger partial charge in [0.15, 0.2) is 0 Å². The van der Waals surface area contributed by atoms with E-state index in [2.05, 4.69) is 5.32 Å². The van der Waals surface area contributed by atoms with Gasteiger partial charge in [0.25, 0.3) is 0 Å². The molecule has 2 rings (SSSR count). The van der Waals surface area contributed by atoms with Crippen LogP contribution in [0.4, 0.5) is 11.4 Å². The molecule has 0 heterocycles. The van der Waals surface area contributed by atoms with Gasteiger partial charge < -0.3 is 10.1 Å². The molecule has 0 aromatic heterocycles. The second-order valence-electron chi connectivity index (χ2n) is 3.87. The maximum absolute atomic E-state index is 11.8. The summed E-state index contributed by atoms with van der Waals surface area (Å²) < 4.78 is 5.02. The van der Waals surface area contributed by atoms with Crippen LogP contribution in [0.2, 0.25) is 5.02 Å². The first-order chi connectivity index (χ1) is 9.22. The summed E-state index contributed by atoms with van der Waals surface area (Å²) >= 11 is 6.09. The molecule has 0 aliphatic rings. The van der Waals surface area contributed by atoms with Crippen molar-refractivity contribution in [3.05, 3.63) is 59.1 Å². The third kappa shape index (κ3) is 3.26. The lowest BCUT2D eigenvalue weighted by Crippen LogP contribution is -2.07. The number of anilines is 2. The van der Waals surface area contributed by atoms with Crippen molar-refractivity contribution in [3.8, 4) is 0 Å². The van der Waals surface area contributed by atoms with Gasteiger partial charge in [-0.25, -0.2) is 4.79 Å². The van der Waals surface area contributed by atoms with E-state index in [4.69, 9.17) is 16.3 Å². The fourth-order valence-electron chi connectivity index (χ4n) is 1.69. The van der Waals surface area contributed by atoms with Crippen molar-refractivity contribution in [1.82, 2.24) is 0 Å². The zero-order valence-corrected chi connectivity index (χ0v) is 11.3. The molecule has 0 spiro atoms. The SMILES string of the molecule is CCOC(=O)c1ccccc1Nc1ccccc1Cl. The molecule has 2 aromatic carbocycles. The summed E-state index contributed by atoms with van der Waals surface area (Å²) in [5, 5.41) is 3.75. The number of ether oxygens (including phenoxy) is 1. The van der Waals surface area contributed by atoms with Crippen LogP contribution in [0.3, 0.4) is 0 Å². The Hall–Kier alpha value is -2.00. The highest BCUT2D eigenvalue weighted by Crippen LogP contribution is 2.27. The summed E-state index contributed by atoms with van der Waals surface area (Å²) in [6.45, 7) is 2.13. The van der Waals surface area contributed by atoms with Gasteiger partial charge in [-0.3, -0.25) is 0 Å². The Morgan fingerprint density at radius 2 is 1.74 bits per heavy atom. The predicted octanol–water partition coefficient (Wildman–Crippen LogP) is 4.26. The summed E-state index contributed by atoms with van der Waals surface area (Å²) in [5.74, 6) is -0.349. The largest absolute Gasteiger partial charge is 0.462 e. The van der Waals surface area contributed by atoms with Crippen molar-refractivity contribution in [2.75, 3.05) is 11.9 Å². The van der Waals surface area contributed by atoms with E-state index in [1.807, 2.05) is 30.3 Å². The minimum absolute atomic E-state index is 0.346. The zero-order chi connectivity index (χ0) is 13.7. The van der Waals surface area contributed by atoms with Crippen LogP contribution in [0.15, 0.2) is 48.5 Å². The molecule has 0 unspecified atom stereocenters. The summed E-state index contributed by atoms with van der Waals surface area (Å²) in [6.07, 6.45) is 0. The van der Waals surface area contributed by atoms with Crippen molar-refractivity contribution in [2.45, 2.75) is 6.92 Å². The van der Waals surface area contributed by atoms with Crippen molar-refractivity contribution >= 4 is 28.9 Å². The number of para-hydroxylation sites is 2. The Morgan fingerprint density at radius 1 is 1.11 bits per heavy atom. The Balaban J connectivity index is 2.30. The molecular formula is C15H14ClNO2.